The molecule has 0 saturated heterocycles. The quantitative estimate of drug-likeness (QED) is 0.757. The molecule has 0 bridgehead atoms. The van der Waals surface area contributed by atoms with Crippen LogP contribution in [-0.4, -0.2) is 36.1 Å². The van der Waals surface area contributed by atoms with Crippen LogP contribution in [0.4, 0.5) is 0 Å². The van der Waals surface area contributed by atoms with Crippen molar-refractivity contribution in [1.82, 2.24) is 10.3 Å². The first-order chi connectivity index (χ1) is 13.1. The molecule has 1 fully saturated rings. The molecule has 1 heterocycles. The first-order valence-electron chi connectivity index (χ1n) is 9.26. The molecule has 6 nitrogen and oxygen atoms in total. The summed E-state index contributed by atoms with van der Waals surface area (Å²) in [6.45, 7) is 1.84. The molecule has 1 aromatic carbocycles. The van der Waals surface area contributed by atoms with Gasteiger partial charge in [0.05, 0.1) is 12.1 Å². The zero-order valence-electron chi connectivity index (χ0n) is 15.3. The highest BCUT2D eigenvalue weighted by Gasteiger charge is 2.18. The Bertz CT molecular complexity index is 834. The number of benzene rings is 1. The second-order valence-corrected chi connectivity index (χ2v) is 7.02. The van der Waals surface area contributed by atoms with E-state index in [1.54, 1.807) is 25.1 Å². The number of aromatic nitrogens is 1. The van der Waals surface area contributed by atoms with Crippen molar-refractivity contribution in [3.63, 3.8) is 0 Å². The van der Waals surface area contributed by atoms with Crippen LogP contribution in [0.2, 0.25) is 5.02 Å². The van der Waals surface area contributed by atoms with Crippen LogP contribution in [0.15, 0.2) is 24.3 Å². The lowest BCUT2D eigenvalue weighted by molar-refractivity contribution is -0.124. The second kappa shape index (κ2) is 9.04. The number of carbonyl (C=O) groups is 2. The summed E-state index contributed by atoms with van der Waals surface area (Å²) in [5, 5.41) is 4.17. The molecule has 0 spiro atoms. The number of esters is 1. The number of hydrogen-bond acceptors (Lipinski definition) is 5. The normalized spacial score (nSPS) is 14.7. The molecule has 0 radical (unpaired) electrons. The molecule has 0 unspecified atom stereocenters. The Hall–Kier alpha value is -2.34. The molecular weight excluding hydrogens is 368 g/mol. The Kier molecular flexibility index (Phi) is 6.50. The van der Waals surface area contributed by atoms with Gasteiger partial charge in [-0.25, -0.2) is 9.78 Å². The predicted molar refractivity (Wildman–Crippen MR) is 103 cm³/mol. The standard InChI is InChI=1S/C20H23ClN2O4/c1-2-26-20(25)17-11-18(15-10-13(21)8-9-16(15)23-17)27-12-19(24)22-14-6-4-3-5-7-14/h8-11,14H,2-7,12H2,1H3,(H,22,24). The number of carbonyl (C=O) groups excluding carboxylic acids is 2. The van der Waals surface area contributed by atoms with Gasteiger partial charge in [0.1, 0.15) is 5.75 Å². The Morgan fingerprint density at radius 1 is 1.22 bits per heavy atom. The Morgan fingerprint density at radius 2 is 2.00 bits per heavy atom. The van der Waals surface area contributed by atoms with E-state index in [-0.39, 0.29) is 30.9 Å². The average molecular weight is 391 g/mol. The number of pyridine rings is 1. The van der Waals surface area contributed by atoms with Gasteiger partial charge in [-0.2, -0.15) is 0 Å². The van der Waals surface area contributed by atoms with Crippen molar-refractivity contribution in [2.24, 2.45) is 0 Å². The monoisotopic (exact) mass is 390 g/mol. The Labute approximate surface area is 163 Å². The smallest absolute Gasteiger partial charge is 0.357 e. The van der Waals surface area contributed by atoms with E-state index in [0.29, 0.717) is 21.7 Å². The molecule has 2 aromatic rings. The van der Waals surface area contributed by atoms with E-state index < -0.39 is 5.97 Å². The molecule has 7 heteroatoms. The van der Waals surface area contributed by atoms with Crippen LogP contribution in [-0.2, 0) is 9.53 Å². The van der Waals surface area contributed by atoms with E-state index >= 15 is 0 Å². The lowest BCUT2D eigenvalue weighted by Crippen LogP contribution is -2.39. The van der Waals surface area contributed by atoms with Crippen LogP contribution < -0.4 is 10.1 Å². The minimum Gasteiger partial charge on any atom is -0.483 e. The summed E-state index contributed by atoms with van der Waals surface area (Å²) in [5.41, 5.74) is 0.682. The zero-order valence-corrected chi connectivity index (χ0v) is 16.1. The molecule has 1 aliphatic carbocycles. The topological polar surface area (TPSA) is 77.5 Å². The SMILES string of the molecule is CCOC(=O)c1cc(OCC(=O)NC2CCCCC2)c2cc(Cl)ccc2n1. The van der Waals surface area contributed by atoms with Gasteiger partial charge in [-0.15, -0.1) is 0 Å². The van der Waals surface area contributed by atoms with Gasteiger partial charge >= 0.3 is 5.97 Å². The number of fused-ring (bicyclic) bond motifs is 1. The minimum absolute atomic E-state index is 0.134. The summed E-state index contributed by atoms with van der Waals surface area (Å²) >= 11 is 6.08. The Morgan fingerprint density at radius 3 is 2.74 bits per heavy atom. The van der Waals surface area contributed by atoms with E-state index in [2.05, 4.69) is 10.3 Å². The molecule has 0 atom stereocenters. The van der Waals surface area contributed by atoms with E-state index in [4.69, 9.17) is 21.1 Å². The highest BCUT2D eigenvalue weighted by molar-refractivity contribution is 6.31. The fourth-order valence-electron chi connectivity index (χ4n) is 3.26. The van der Waals surface area contributed by atoms with Crippen LogP contribution in [0.1, 0.15) is 49.5 Å². The van der Waals surface area contributed by atoms with Gasteiger partial charge in [-0.3, -0.25) is 4.79 Å². The average Bonchev–Trinajstić information content (AvgIpc) is 2.67. The molecule has 3 rings (SSSR count). The van der Waals surface area contributed by atoms with Crippen molar-refractivity contribution in [1.29, 1.82) is 0 Å². The molecule has 1 saturated carbocycles. The van der Waals surface area contributed by atoms with Crippen molar-refractivity contribution >= 4 is 34.4 Å². The number of halogens is 1. The van der Waals surface area contributed by atoms with Gasteiger partial charge in [0.2, 0.25) is 0 Å². The van der Waals surface area contributed by atoms with Crippen molar-refractivity contribution in [2.45, 2.75) is 45.1 Å². The molecule has 1 aromatic heterocycles. The molecule has 144 valence electrons. The highest BCUT2D eigenvalue weighted by atomic mass is 35.5. The first-order valence-corrected chi connectivity index (χ1v) is 9.64. The third kappa shape index (κ3) is 5.10. The van der Waals surface area contributed by atoms with Crippen molar-refractivity contribution < 1.29 is 19.1 Å². The van der Waals surface area contributed by atoms with Crippen LogP contribution in [0.25, 0.3) is 10.9 Å². The lowest BCUT2D eigenvalue weighted by atomic mass is 9.95. The molecular formula is C20H23ClN2O4. The number of amides is 1. The number of rotatable bonds is 6. The largest absolute Gasteiger partial charge is 0.483 e. The summed E-state index contributed by atoms with van der Waals surface area (Å²) in [6.07, 6.45) is 5.52. The van der Waals surface area contributed by atoms with E-state index in [9.17, 15) is 9.59 Å². The molecule has 1 amide bonds. The summed E-state index contributed by atoms with van der Waals surface area (Å²) in [7, 11) is 0. The van der Waals surface area contributed by atoms with Crippen LogP contribution in [0.5, 0.6) is 5.75 Å². The predicted octanol–water partition coefficient (Wildman–Crippen LogP) is 3.89. The van der Waals surface area contributed by atoms with Crippen LogP contribution in [0, 0.1) is 0 Å². The fourth-order valence-corrected chi connectivity index (χ4v) is 3.43. The van der Waals surface area contributed by atoms with Gasteiger partial charge in [0.15, 0.2) is 12.3 Å². The van der Waals surface area contributed by atoms with E-state index in [1.807, 2.05) is 0 Å². The maximum Gasteiger partial charge on any atom is 0.357 e. The second-order valence-electron chi connectivity index (χ2n) is 6.58. The molecule has 1 aliphatic rings. The number of nitrogens with one attached hydrogen (secondary N) is 1. The zero-order chi connectivity index (χ0) is 19.2. The van der Waals surface area contributed by atoms with Gasteiger partial charge in [-0.1, -0.05) is 30.9 Å². The number of hydrogen-bond donors (Lipinski definition) is 1. The maximum atomic E-state index is 12.2. The third-order valence-corrected chi connectivity index (χ3v) is 4.78. The molecule has 27 heavy (non-hydrogen) atoms. The van der Waals surface area contributed by atoms with Crippen molar-refractivity contribution in [2.75, 3.05) is 13.2 Å². The summed E-state index contributed by atoms with van der Waals surface area (Å²) in [5.74, 6) is -0.332. The first kappa shape index (κ1) is 19.4. The summed E-state index contributed by atoms with van der Waals surface area (Å²) in [4.78, 5) is 28.6. The summed E-state index contributed by atoms with van der Waals surface area (Å²) in [6, 6.07) is 6.80. The van der Waals surface area contributed by atoms with Crippen LogP contribution in [0.3, 0.4) is 0 Å². The summed E-state index contributed by atoms with van der Waals surface area (Å²) < 4.78 is 10.7. The Balaban J connectivity index is 1.77. The highest BCUT2D eigenvalue weighted by Crippen LogP contribution is 2.28. The molecule has 1 N–H and O–H groups in total. The maximum absolute atomic E-state index is 12.2. The number of ether oxygens (including phenoxy) is 2. The lowest BCUT2D eigenvalue weighted by Gasteiger charge is -2.22. The van der Waals surface area contributed by atoms with E-state index in [0.717, 1.165) is 25.7 Å². The van der Waals surface area contributed by atoms with Gasteiger partial charge in [0, 0.05) is 22.5 Å². The van der Waals surface area contributed by atoms with Crippen molar-refractivity contribution in [3.8, 4) is 5.75 Å². The van der Waals surface area contributed by atoms with Gasteiger partial charge in [-0.05, 0) is 38.0 Å². The fraction of sp³-hybridized carbons (Fsp3) is 0.450. The van der Waals surface area contributed by atoms with Crippen molar-refractivity contribution in [3.05, 3.63) is 35.0 Å². The van der Waals surface area contributed by atoms with Gasteiger partial charge in [0.25, 0.3) is 5.91 Å². The van der Waals surface area contributed by atoms with E-state index in [1.165, 1.54) is 12.5 Å². The number of nitrogens with zero attached hydrogens (tertiary/aromatic N) is 1. The van der Waals surface area contributed by atoms with Crippen LogP contribution >= 0.6 is 11.6 Å². The molecule has 0 aliphatic heterocycles. The van der Waals surface area contributed by atoms with Gasteiger partial charge < -0.3 is 14.8 Å². The third-order valence-electron chi connectivity index (χ3n) is 4.55. The minimum atomic E-state index is -0.536.